The molecule has 1 aliphatic heterocycles. The van der Waals surface area contributed by atoms with Crippen LogP contribution in [0.5, 0.6) is 0 Å². The minimum atomic E-state index is -1.68. The topological polar surface area (TPSA) is 129 Å². The highest BCUT2D eigenvalue weighted by atomic mass is 16.7. The Labute approximate surface area is 120 Å². The minimum Gasteiger partial charge on any atom is -0.463 e. The van der Waals surface area contributed by atoms with Crippen LogP contribution in [-0.4, -0.2) is 65.4 Å². The summed E-state index contributed by atoms with van der Waals surface area (Å²) in [7, 11) is 0. The quantitative estimate of drug-likeness (QED) is 0.470. The van der Waals surface area contributed by atoms with E-state index in [0.29, 0.717) is 0 Å². The van der Waals surface area contributed by atoms with Crippen LogP contribution in [0.2, 0.25) is 0 Å². The average Bonchev–Trinajstić information content (AvgIpc) is 2.35. The highest BCUT2D eigenvalue weighted by Crippen LogP contribution is 2.25. The molecule has 120 valence electrons. The largest absolute Gasteiger partial charge is 0.463 e. The van der Waals surface area contributed by atoms with Crippen LogP contribution in [0.1, 0.15) is 20.8 Å². The zero-order valence-corrected chi connectivity index (χ0v) is 11.8. The molecule has 0 radical (unpaired) electrons. The molecule has 9 nitrogen and oxygen atoms in total. The molecule has 1 saturated heterocycles. The van der Waals surface area contributed by atoms with Crippen molar-refractivity contribution >= 4 is 17.9 Å². The van der Waals surface area contributed by atoms with E-state index in [1.807, 2.05) is 0 Å². The molecule has 0 aliphatic carbocycles. The Hall–Kier alpha value is -1.71. The number of aliphatic hydroxyl groups excluding tert-OH is 2. The van der Waals surface area contributed by atoms with Crippen LogP contribution in [0, 0.1) is 0 Å². The molecule has 0 saturated carbocycles. The fourth-order valence-corrected chi connectivity index (χ4v) is 1.90. The van der Waals surface area contributed by atoms with E-state index in [1.54, 1.807) is 0 Å². The van der Waals surface area contributed by atoms with Crippen molar-refractivity contribution in [3.63, 3.8) is 0 Å². The van der Waals surface area contributed by atoms with Gasteiger partial charge in [-0.05, 0) is 0 Å². The molecule has 1 aliphatic rings. The Morgan fingerprint density at radius 3 is 1.95 bits per heavy atom. The van der Waals surface area contributed by atoms with Crippen molar-refractivity contribution in [1.82, 2.24) is 0 Å². The Morgan fingerprint density at radius 2 is 1.48 bits per heavy atom. The fraction of sp³-hybridized carbons (Fsp3) is 0.750. The van der Waals surface area contributed by atoms with Gasteiger partial charge in [-0.3, -0.25) is 14.4 Å². The lowest BCUT2D eigenvalue weighted by Gasteiger charge is -2.41. The molecule has 0 aromatic rings. The van der Waals surface area contributed by atoms with Gasteiger partial charge in [0, 0.05) is 20.8 Å². The van der Waals surface area contributed by atoms with Crippen molar-refractivity contribution in [3.8, 4) is 0 Å². The normalized spacial score (nSPS) is 32.1. The lowest BCUT2D eigenvalue weighted by molar-refractivity contribution is -0.293. The number of carbonyl (C=O) groups excluding carboxylic acids is 3. The highest BCUT2D eigenvalue weighted by molar-refractivity contribution is 5.67. The van der Waals surface area contributed by atoms with Crippen molar-refractivity contribution in [3.05, 3.63) is 0 Å². The van der Waals surface area contributed by atoms with E-state index in [2.05, 4.69) is 0 Å². The zero-order chi connectivity index (χ0) is 16.2. The summed E-state index contributed by atoms with van der Waals surface area (Å²) < 4.78 is 19.6. The minimum absolute atomic E-state index is 0.338. The predicted octanol–water partition coefficient (Wildman–Crippen LogP) is -1.51. The van der Waals surface area contributed by atoms with Crippen LogP contribution in [-0.2, 0) is 33.3 Å². The molecule has 2 N–H and O–H groups in total. The maximum Gasteiger partial charge on any atom is 0.303 e. The molecule has 0 aromatic heterocycles. The molecule has 21 heavy (non-hydrogen) atoms. The fourth-order valence-electron chi connectivity index (χ4n) is 1.90. The van der Waals surface area contributed by atoms with Gasteiger partial charge in [0.15, 0.2) is 18.5 Å². The van der Waals surface area contributed by atoms with Gasteiger partial charge in [-0.15, -0.1) is 0 Å². The van der Waals surface area contributed by atoms with E-state index in [9.17, 15) is 24.6 Å². The van der Waals surface area contributed by atoms with Gasteiger partial charge in [0.2, 0.25) is 0 Å². The van der Waals surface area contributed by atoms with Gasteiger partial charge >= 0.3 is 17.9 Å². The zero-order valence-electron chi connectivity index (χ0n) is 11.8. The molecule has 1 fully saturated rings. The van der Waals surface area contributed by atoms with Gasteiger partial charge in [0.25, 0.3) is 0 Å². The van der Waals surface area contributed by atoms with Crippen LogP contribution in [0.25, 0.3) is 0 Å². The van der Waals surface area contributed by atoms with Gasteiger partial charge in [0.1, 0.15) is 18.8 Å². The summed E-state index contributed by atoms with van der Waals surface area (Å²) in [5.41, 5.74) is 0. The van der Waals surface area contributed by atoms with E-state index < -0.39 is 48.6 Å². The maximum atomic E-state index is 11.1. The van der Waals surface area contributed by atoms with E-state index in [1.165, 1.54) is 6.92 Å². The van der Waals surface area contributed by atoms with Gasteiger partial charge in [-0.1, -0.05) is 0 Å². The van der Waals surface area contributed by atoms with Crippen LogP contribution < -0.4 is 0 Å². The Kier molecular flexibility index (Phi) is 6.06. The third-order valence-electron chi connectivity index (χ3n) is 2.69. The third-order valence-corrected chi connectivity index (χ3v) is 2.69. The van der Waals surface area contributed by atoms with Gasteiger partial charge in [0.05, 0.1) is 0 Å². The van der Waals surface area contributed by atoms with Gasteiger partial charge in [-0.25, -0.2) is 0 Å². The molecule has 1 rings (SSSR count). The molecular formula is C12H18O9. The summed E-state index contributed by atoms with van der Waals surface area (Å²) in [5, 5.41) is 19.4. The van der Waals surface area contributed by atoms with Crippen molar-refractivity contribution in [2.45, 2.75) is 51.5 Å². The molecule has 0 bridgehead atoms. The molecule has 0 amide bonds. The number of esters is 3. The molecule has 1 heterocycles. The second kappa shape index (κ2) is 7.34. The standard InChI is InChI=1S/C12H18O9/c1-5(13)18-4-8-10(19-6(2)14)11(20-7(3)15)9(16)12(17)21-8/h8-12,16-17H,4H2,1-3H3/t8-,9-,10+,11-,12+/m0/s1. The molecular weight excluding hydrogens is 288 g/mol. The van der Waals surface area contributed by atoms with E-state index >= 15 is 0 Å². The number of hydrogen-bond donors (Lipinski definition) is 2. The van der Waals surface area contributed by atoms with Crippen molar-refractivity contribution in [1.29, 1.82) is 0 Å². The first-order chi connectivity index (χ1) is 9.72. The summed E-state index contributed by atoms with van der Waals surface area (Å²) in [6.07, 6.45) is -6.92. The summed E-state index contributed by atoms with van der Waals surface area (Å²) in [6, 6.07) is 0. The van der Waals surface area contributed by atoms with Gasteiger partial charge < -0.3 is 29.2 Å². The first-order valence-corrected chi connectivity index (χ1v) is 6.21. The summed E-state index contributed by atoms with van der Waals surface area (Å²) in [4.78, 5) is 33.1. The summed E-state index contributed by atoms with van der Waals surface area (Å²) in [5.74, 6) is -2.06. The predicted molar refractivity (Wildman–Crippen MR) is 64.6 cm³/mol. The smallest absolute Gasteiger partial charge is 0.303 e. The Balaban J connectivity index is 2.94. The maximum absolute atomic E-state index is 11.1. The summed E-state index contributed by atoms with van der Waals surface area (Å²) in [6.45, 7) is 3.04. The first-order valence-electron chi connectivity index (χ1n) is 6.21. The van der Waals surface area contributed by atoms with E-state index in [4.69, 9.17) is 18.9 Å². The lowest BCUT2D eigenvalue weighted by Crippen LogP contribution is -2.61. The molecule has 5 atom stereocenters. The average molecular weight is 306 g/mol. The number of rotatable bonds is 4. The highest BCUT2D eigenvalue weighted by Gasteiger charge is 2.49. The number of aliphatic hydroxyl groups is 2. The Bertz CT molecular complexity index is 408. The molecule has 9 heteroatoms. The second-order valence-corrected chi connectivity index (χ2v) is 4.51. The number of ether oxygens (including phenoxy) is 4. The van der Waals surface area contributed by atoms with Crippen LogP contribution >= 0.6 is 0 Å². The van der Waals surface area contributed by atoms with E-state index in [-0.39, 0.29) is 6.61 Å². The van der Waals surface area contributed by atoms with Gasteiger partial charge in [-0.2, -0.15) is 0 Å². The van der Waals surface area contributed by atoms with E-state index in [0.717, 1.165) is 13.8 Å². The third kappa shape index (κ3) is 4.96. The van der Waals surface area contributed by atoms with Crippen molar-refractivity contribution < 1.29 is 43.5 Å². The monoisotopic (exact) mass is 306 g/mol. The van der Waals surface area contributed by atoms with Crippen molar-refractivity contribution in [2.75, 3.05) is 6.61 Å². The van der Waals surface area contributed by atoms with Crippen LogP contribution in [0.4, 0.5) is 0 Å². The number of hydrogen-bond acceptors (Lipinski definition) is 9. The summed E-state index contributed by atoms with van der Waals surface area (Å²) >= 11 is 0. The molecule has 0 unspecified atom stereocenters. The molecule has 0 aromatic carbocycles. The second-order valence-electron chi connectivity index (χ2n) is 4.51. The van der Waals surface area contributed by atoms with Crippen LogP contribution in [0.3, 0.4) is 0 Å². The van der Waals surface area contributed by atoms with Crippen molar-refractivity contribution in [2.24, 2.45) is 0 Å². The van der Waals surface area contributed by atoms with Crippen LogP contribution in [0.15, 0.2) is 0 Å². The number of carbonyl (C=O) groups is 3. The molecule has 0 spiro atoms. The Morgan fingerprint density at radius 1 is 0.952 bits per heavy atom. The lowest BCUT2D eigenvalue weighted by atomic mass is 9.98. The first kappa shape index (κ1) is 17.3. The SMILES string of the molecule is CC(=O)OC[C@@H]1O[C@@H](O)[C@@H](O)[C@H](OC(C)=O)[C@@H]1OC(C)=O.